The molecule has 0 radical (unpaired) electrons. The van der Waals surface area contributed by atoms with Crippen LogP contribution in [0, 0.1) is 6.92 Å². The van der Waals surface area contributed by atoms with Gasteiger partial charge in [0.15, 0.2) is 0 Å². The molecule has 0 bridgehead atoms. The first-order chi connectivity index (χ1) is 13.7. The van der Waals surface area contributed by atoms with Crippen molar-refractivity contribution in [2.75, 3.05) is 44.2 Å². The topological polar surface area (TPSA) is 51.4 Å². The fraction of sp³-hybridized carbons (Fsp3) is 0.348. The maximum absolute atomic E-state index is 12.5. The number of carbonyl (C=O) groups excluding carboxylic acids is 1. The molecule has 1 aliphatic heterocycles. The molecule has 0 saturated carbocycles. The van der Waals surface area contributed by atoms with Gasteiger partial charge in [-0.25, -0.2) is 0 Å². The Morgan fingerprint density at radius 1 is 1.07 bits per heavy atom. The average molecular weight is 377 g/mol. The van der Waals surface area contributed by atoms with Gasteiger partial charge in [0.25, 0.3) is 0 Å². The van der Waals surface area contributed by atoms with Gasteiger partial charge in [-0.3, -0.25) is 4.79 Å². The second-order valence-corrected chi connectivity index (χ2v) is 7.49. The molecule has 146 valence electrons. The number of piperazine rings is 1. The van der Waals surface area contributed by atoms with E-state index >= 15 is 0 Å². The third kappa shape index (κ3) is 4.20. The Morgan fingerprint density at radius 3 is 2.71 bits per heavy atom. The van der Waals surface area contributed by atoms with Gasteiger partial charge in [0.2, 0.25) is 5.91 Å². The molecule has 1 fully saturated rings. The normalized spacial score (nSPS) is 14.6. The lowest BCUT2D eigenvalue weighted by Crippen LogP contribution is -2.51. The lowest BCUT2D eigenvalue weighted by atomic mass is 10.1. The summed E-state index contributed by atoms with van der Waals surface area (Å²) < 4.78 is 0. The molecule has 0 unspecified atom stereocenters. The minimum absolute atomic E-state index is 0.197. The number of nitrogens with one attached hydrogen (secondary N) is 2. The number of hydrogen-bond acceptors (Lipinski definition) is 3. The Morgan fingerprint density at radius 2 is 1.89 bits per heavy atom. The minimum atomic E-state index is 0.197. The molecule has 1 aromatic heterocycles. The number of aromatic amines is 1. The molecule has 28 heavy (non-hydrogen) atoms. The Hall–Kier alpha value is -2.79. The lowest BCUT2D eigenvalue weighted by Gasteiger charge is -2.36. The Balaban J connectivity index is 1.21. The van der Waals surface area contributed by atoms with Crippen molar-refractivity contribution in [2.24, 2.45) is 0 Å². The summed E-state index contributed by atoms with van der Waals surface area (Å²) in [6.07, 6.45) is 2.98. The van der Waals surface area contributed by atoms with Crippen molar-refractivity contribution >= 4 is 22.5 Å². The van der Waals surface area contributed by atoms with Crippen LogP contribution >= 0.6 is 0 Å². The van der Waals surface area contributed by atoms with E-state index in [4.69, 9.17) is 0 Å². The number of nitrogens with zero attached hydrogens (tertiary/aromatic N) is 2. The highest BCUT2D eigenvalue weighted by Gasteiger charge is 2.20. The van der Waals surface area contributed by atoms with Crippen LogP contribution in [0.1, 0.15) is 11.1 Å². The number of carbonyl (C=O) groups is 1. The number of benzene rings is 2. The number of aromatic nitrogens is 1. The fourth-order valence-electron chi connectivity index (χ4n) is 3.91. The maximum atomic E-state index is 12.5. The first kappa shape index (κ1) is 18.6. The fourth-order valence-corrected chi connectivity index (χ4v) is 3.91. The summed E-state index contributed by atoms with van der Waals surface area (Å²) in [5.74, 6) is 0.197. The maximum Gasteiger partial charge on any atom is 0.236 e. The van der Waals surface area contributed by atoms with Crippen molar-refractivity contribution in [1.82, 2.24) is 15.2 Å². The van der Waals surface area contributed by atoms with Gasteiger partial charge in [-0.2, -0.15) is 0 Å². The van der Waals surface area contributed by atoms with E-state index in [9.17, 15) is 4.79 Å². The van der Waals surface area contributed by atoms with Crippen LogP contribution in [0.25, 0.3) is 10.9 Å². The van der Waals surface area contributed by atoms with Crippen molar-refractivity contribution in [3.63, 3.8) is 0 Å². The summed E-state index contributed by atoms with van der Waals surface area (Å²) in [5.41, 5.74) is 4.99. The van der Waals surface area contributed by atoms with Crippen LogP contribution in [0.2, 0.25) is 0 Å². The van der Waals surface area contributed by atoms with Crippen LogP contribution in [0.15, 0.2) is 54.7 Å². The predicted octanol–water partition coefficient (Wildman–Crippen LogP) is 2.96. The van der Waals surface area contributed by atoms with Gasteiger partial charge < -0.3 is 20.1 Å². The summed E-state index contributed by atoms with van der Waals surface area (Å²) in [7, 11) is 0. The third-order valence-corrected chi connectivity index (χ3v) is 5.52. The van der Waals surface area contributed by atoms with Gasteiger partial charge >= 0.3 is 0 Å². The van der Waals surface area contributed by atoms with Crippen molar-refractivity contribution in [2.45, 2.75) is 13.3 Å². The summed E-state index contributed by atoms with van der Waals surface area (Å²) in [6.45, 7) is 6.69. The van der Waals surface area contributed by atoms with E-state index in [0.717, 1.165) is 39.1 Å². The predicted molar refractivity (Wildman–Crippen MR) is 115 cm³/mol. The number of H-pyrrole nitrogens is 1. The smallest absolute Gasteiger partial charge is 0.236 e. The summed E-state index contributed by atoms with van der Waals surface area (Å²) in [4.78, 5) is 20.2. The second-order valence-electron chi connectivity index (χ2n) is 7.49. The number of aryl methyl sites for hydroxylation is 1. The van der Waals surface area contributed by atoms with E-state index in [1.807, 2.05) is 11.0 Å². The molecule has 1 amide bonds. The number of para-hydroxylation sites is 1. The number of amides is 1. The van der Waals surface area contributed by atoms with E-state index in [1.165, 1.54) is 27.7 Å². The van der Waals surface area contributed by atoms with Gasteiger partial charge in [-0.05, 0) is 49.2 Å². The molecule has 2 aromatic carbocycles. The Bertz CT molecular complexity index is 940. The highest BCUT2D eigenvalue weighted by molar-refractivity contribution is 5.83. The molecule has 5 heteroatoms. The van der Waals surface area contributed by atoms with Crippen LogP contribution in [-0.2, 0) is 11.2 Å². The highest BCUT2D eigenvalue weighted by Crippen LogP contribution is 2.18. The van der Waals surface area contributed by atoms with Crippen LogP contribution < -0.4 is 10.2 Å². The molecule has 3 aromatic rings. The zero-order valence-corrected chi connectivity index (χ0v) is 16.4. The standard InChI is InChI=1S/C23H28N4O/c1-18-5-4-6-20(15-18)26-11-13-27(14-12-26)23(28)17-24-10-9-19-16-25-22-8-3-2-7-21(19)22/h2-8,15-16,24-25H,9-14,17H2,1H3. The highest BCUT2D eigenvalue weighted by atomic mass is 16.2. The molecule has 1 aliphatic rings. The van der Waals surface area contributed by atoms with Crippen molar-refractivity contribution in [3.05, 3.63) is 65.9 Å². The SMILES string of the molecule is Cc1cccc(N2CCN(C(=O)CNCCc3c[nH]c4ccccc34)CC2)c1. The van der Waals surface area contributed by atoms with Crippen LogP contribution in [0.3, 0.4) is 0 Å². The number of anilines is 1. The zero-order valence-electron chi connectivity index (χ0n) is 16.4. The minimum Gasteiger partial charge on any atom is -0.368 e. The first-order valence-corrected chi connectivity index (χ1v) is 10.1. The molecule has 2 N–H and O–H groups in total. The molecule has 0 spiro atoms. The van der Waals surface area contributed by atoms with Gasteiger partial charge in [-0.1, -0.05) is 30.3 Å². The van der Waals surface area contributed by atoms with E-state index < -0.39 is 0 Å². The summed E-state index contributed by atoms with van der Waals surface area (Å²) >= 11 is 0. The lowest BCUT2D eigenvalue weighted by molar-refractivity contribution is -0.130. The Labute approximate surface area is 166 Å². The van der Waals surface area contributed by atoms with E-state index in [1.54, 1.807) is 0 Å². The number of hydrogen-bond donors (Lipinski definition) is 2. The average Bonchev–Trinajstić information content (AvgIpc) is 3.14. The van der Waals surface area contributed by atoms with Gasteiger partial charge in [-0.15, -0.1) is 0 Å². The molecule has 2 heterocycles. The summed E-state index contributed by atoms with van der Waals surface area (Å²) in [6, 6.07) is 16.9. The van der Waals surface area contributed by atoms with E-state index in [-0.39, 0.29) is 5.91 Å². The Kier molecular flexibility index (Phi) is 5.63. The van der Waals surface area contributed by atoms with E-state index in [2.05, 4.69) is 70.8 Å². The first-order valence-electron chi connectivity index (χ1n) is 10.1. The van der Waals surface area contributed by atoms with Crippen LogP contribution in [-0.4, -0.2) is 55.1 Å². The molecular weight excluding hydrogens is 348 g/mol. The van der Waals surface area contributed by atoms with Crippen molar-refractivity contribution in [1.29, 1.82) is 0 Å². The van der Waals surface area contributed by atoms with Gasteiger partial charge in [0.1, 0.15) is 0 Å². The molecular formula is C23H28N4O. The van der Waals surface area contributed by atoms with Crippen LogP contribution in [0.5, 0.6) is 0 Å². The molecule has 0 aliphatic carbocycles. The van der Waals surface area contributed by atoms with E-state index in [0.29, 0.717) is 6.54 Å². The molecule has 0 atom stereocenters. The van der Waals surface area contributed by atoms with Gasteiger partial charge in [0.05, 0.1) is 6.54 Å². The van der Waals surface area contributed by atoms with Gasteiger partial charge in [0, 0.05) is 49.0 Å². The number of fused-ring (bicyclic) bond motifs is 1. The molecule has 1 saturated heterocycles. The monoisotopic (exact) mass is 376 g/mol. The van der Waals surface area contributed by atoms with Crippen molar-refractivity contribution in [3.8, 4) is 0 Å². The summed E-state index contributed by atoms with van der Waals surface area (Å²) in [5, 5.41) is 4.58. The third-order valence-electron chi connectivity index (χ3n) is 5.52. The quantitative estimate of drug-likeness (QED) is 0.651. The molecule has 5 nitrogen and oxygen atoms in total. The second kappa shape index (κ2) is 8.48. The number of rotatable bonds is 6. The molecule has 4 rings (SSSR count). The van der Waals surface area contributed by atoms with Crippen LogP contribution in [0.4, 0.5) is 5.69 Å². The van der Waals surface area contributed by atoms with Crippen molar-refractivity contribution < 1.29 is 4.79 Å². The zero-order chi connectivity index (χ0) is 19.3. The largest absolute Gasteiger partial charge is 0.368 e.